The van der Waals surface area contributed by atoms with E-state index in [2.05, 4.69) is 37.3 Å². The first kappa shape index (κ1) is 8.55. The van der Waals surface area contributed by atoms with Gasteiger partial charge in [-0.1, -0.05) is 36.0 Å². The molecule has 0 saturated carbocycles. The average molecular weight is 172 g/mol. The number of hydrogen-bond donors (Lipinski definition) is 0. The van der Waals surface area contributed by atoms with E-state index in [0.717, 1.165) is 0 Å². The van der Waals surface area contributed by atoms with Gasteiger partial charge in [-0.15, -0.1) is 0 Å². The third-order valence-electron chi connectivity index (χ3n) is 2.76. The molecule has 2 aliphatic rings. The van der Waals surface area contributed by atoms with Crippen molar-refractivity contribution in [2.45, 2.75) is 32.6 Å². The van der Waals surface area contributed by atoms with Gasteiger partial charge in [0.25, 0.3) is 0 Å². The lowest BCUT2D eigenvalue weighted by molar-refractivity contribution is 0.693. The first-order valence-corrected chi connectivity index (χ1v) is 5.11. The molecule has 0 aromatic heterocycles. The van der Waals surface area contributed by atoms with Gasteiger partial charge in [-0.2, -0.15) is 0 Å². The summed E-state index contributed by atoms with van der Waals surface area (Å²) in [4.78, 5) is 0. The number of hydrogen-bond acceptors (Lipinski definition) is 0. The van der Waals surface area contributed by atoms with Gasteiger partial charge in [-0.25, -0.2) is 0 Å². The summed E-state index contributed by atoms with van der Waals surface area (Å²) in [5.41, 5.74) is 4.44. The van der Waals surface area contributed by atoms with Crippen LogP contribution in [0.25, 0.3) is 0 Å². The van der Waals surface area contributed by atoms with Crippen molar-refractivity contribution in [3.8, 4) is 0 Å². The molecule has 0 N–H and O–H groups in total. The van der Waals surface area contributed by atoms with Crippen LogP contribution in [0.4, 0.5) is 0 Å². The Kier molecular flexibility index (Phi) is 2.49. The zero-order valence-electron chi connectivity index (χ0n) is 8.22. The molecule has 0 heterocycles. The highest BCUT2D eigenvalue weighted by Gasteiger charge is 2.08. The molecule has 0 aromatic carbocycles. The topological polar surface area (TPSA) is 0 Å². The minimum atomic E-state index is 1.27. The zero-order chi connectivity index (χ0) is 9.10. The lowest BCUT2D eigenvalue weighted by Crippen LogP contribution is -1.96. The van der Waals surface area contributed by atoms with E-state index >= 15 is 0 Å². The van der Waals surface area contributed by atoms with Crippen LogP contribution in [0.1, 0.15) is 32.6 Å². The van der Waals surface area contributed by atoms with Gasteiger partial charge >= 0.3 is 0 Å². The summed E-state index contributed by atoms with van der Waals surface area (Å²) in [5.74, 6) is 0. The Morgan fingerprint density at radius 2 is 1.62 bits per heavy atom. The molecule has 0 aliphatic heterocycles. The normalized spacial score (nSPS) is 31.0. The molecule has 2 aliphatic carbocycles. The standard InChI is InChI=1S/C13H16/c1-11-5-4-8-12-6-2-3-7-13(12)10-9-11/h4-5,8-10H,2-3,6-7H2,1H3/b5-4?,8-4-,10-9-,11-5-,11-9?,12-8?,13-10?. The van der Waals surface area contributed by atoms with Crippen molar-refractivity contribution in [1.82, 2.24) is 0 Å². The van der Waals surface area contributed by atoms with Crippen molar-refractivity contribution in [3.05, 3.63) is 47.1 Å². The van der Waals surface area contributed by atoms with Crippen molar-refractivity contribution in [2.75, 3.05) is 0 Å². The molecule has 0 nitrogen and oxygen atoms in total. The van der Waals surface area contributed by atoms with Crippen molar-refractivity contribution < 1.29 is 0 Å². The van der Waals surface area contributed by atoms with Crippen LogP contribution in [0.5, 0.6) is 0 Å². The summed E-state index contributed by atoms with van der Waals surface area (Å²) >= 11 is 0. The lowest BCUT2D eigenvalue weighted by atomic mass is 9.90. The average Bonchev–Trinajstić information content (AvgIpc) is 2.13. The summed E-state index contributed by atoms with van der Waals surface area (Å²) in [6.45, 7) is 2.15. The monoisotopic (exact) mass is 172 g/mol. The maximum atomic E-state index is 2.30. The quantitative estimate of drug-likeness (QED) is 0.519. The van der Waals surface area contributed by atoms with Crippen molar-refractivity contribution in [3.63, 3.8) is 0 Å². The molecule has 0 radical (unpaired) electrons. The molecular formula is C13H16. The van der Waals surface area contributed by atoms with Crippen molar-refractivity contribution in [1.29, 1.82) is 0 Å². The SMILES string of the molecule is CC1=C/C=C\C2=C(/C=C\1)CCCC2. The van der Waals surface area contributed by atoms with Crippen LogP contribution in [-0.4, -0.2) is 0 Å². The second-order valence-electron chi connectivity index (χ2n) is 3.86. The Bertz CT molecular complexity index is 311. The minimum Gasteiger partial charge on any atom is -0.0617 e. The predicted octanol–water partition coefficient (Wildman–Crippen LogP) is 3.93. The third kappa shape index (κ3) is 2.00. The zero-order valence-corrected chi connectivity index (χ0v) is 8.22. The number of rotatable bonds is 0. The van der Waals surface area contributed by atoms with Gasteiger partial charge in [-0.3, -0.25) is 0 Å². The highest BCUT2D eigenvalue weighted by Crippen LogP contribution is 2.27. The highest BCUT2D eigenvalue weighted by molar-refractivity contribution is 5.41. The Morgan fingerprint density at radius 3 is 2.38 bits per heavy atom. The van der Waals surface area contributed by atoms with Crippen molar-refractivity contribution >= 4 is 0 Å². The van der Waals surface area contributed by atoms with Gasteiger partial charge in [0.1, 0.15) is 0 Å². The van der Waals surface area contributed by atoms with E-state index in [1.54, 1.807) is 11.1 Å². The van der Waals surface area contributed by atoms with Gasteiger partial charge in [0.05, 0.1) is 0 Å². The molecular weight excluding hydrogens is 156 g/mol. The summed E-state index contributed by atoms with van der Waals surface area (Å²) in [5, 5.41) is 0. The maximum Gasteiger partial charge on any atom is -0.0276 e. The molecule has 0 unspecified atom stereocenters. The van der Waals surface area contributed by atoms with Gasteiger partial charge in [0.15, 0.2) is 0 Å². The minimum absolute atomic E-state index is 1.27. The van der Waals surface area contributed by atoms with Crippen LogP contribution in [-0.2, 0) is 0 Å². The molecule has 68 valence electrons. The largest absolute Gasteiger partial charge is 0.0617 e. The molecule has 0 atom stereocenters. The first-order chi connectivity index (χ1) is 6.36. The molecule has 0 saturated heterocycles. The maximum absolute atomic E-state index is 2.30. The Hall–Kier alpha value is -1.04. The van der Waals surface area contributed by atoms with E-state index in [1.165, 1.54) is 31.3 Å². The van der Waals surface area contributed by atoms with E-state index in [1.807, 2.05) is 0 Å². The fourth-order valence-electron chi connectivity index (χ4n) is 1.94. The molecule has 0 spiro atoms. The predicted molar refractivity (Wildman–Crippen MR) is 57.5 cm³/mol. The Balaban J connectivity index is 2.31. The summed E-state index contributed by atoms with van der Waals surface area (Å²) in [6, 6.07) is 0. The summed E-state index contributed by atoms with van der Waals surface area (Å²) in [7, 11) is 0. The van der Waals surface area contributed by atoms with Crippen LogP contribution in [0, 0.1) is 0 Å². The highest BCUT2D eigenvalue weighted by atomic mass is 14.1. The van der Waals surface area contributed by atoms with Crippen LogP contribution >= 0.6 is 0 Å². The van der Waals surface area contributed by atoms with Gasteiger partial charge < -0.3 is 0 Å². The molecule has 0 fully saturated rings. The fourth-order valence-corrected chi connectivity index (χ4v) is 1.94. The fraction of sp³-hybridized carbons (Fsp3) is 0.385. The van der Waals surface area contributed by atoms with Crippen molar-refractivity contribution in [2.24, 2.45) is 0 Å². The van der Waals surface area contributed by atoms with Crippen LogP contribution in [0.15, 0.2) is 47.1 Å². The summed E-state index contributed by atoms with van der Waals surface area (Å²) in [6.07, 6.45) is 16.4. The molecule has 13 heavy (non-hydrogen) atoms. The van der Waals surface area contributed by atoms with E-state index in [9.17, 15) is 0 Å². The molecule has 0 aromatic rings. The van der Waals surface area contributed by atoms with E-state index < -0.39 is 0 Å². The second-order valence-corrected chi connectivity index (χ2v) is 3.86. The third-order valence-corrected chi connectivity index (χ3v) is 2.76. The molecule has 0 amide bonds. The van der Waals surface area contributed by atoms with Gasteiger partial charge in [-0.05, 0) is 43.8 Å². The Labute approximate surface area is 80.3 Å². The second kappa shape index (κ2) is 3.78. The lowest BCUT2D eigenvalue weighted by Gasteiger charge is -2.16. The summed E-state index contributed by atoms with van der Waals surface area (Å²) < 4.78 is 0. The van der Waals surface area contributed by atoms with Crippen LogP contribution in [0.3, 0.4) is 0 Å². The molecule has 0 bridgehead atoms. The Morgan fingerprint density at radius 1 is 0.923 bits per heavy atom. The van der Waals surface area contributed by atoms with Gasteiger partial charge in [0, 0.05) is 0 Å². The van der Waals surface area contributed by atoms with E-state index in [-0.39, 0.29) is 0 Å². The van der Waals surface area contributed by atoms with Crippen LogP contribution < -0.4 is 0 Å². The molecule has 0 heteroatoms. The first-order valence-electron chi connectivity index (χ1n) is 5.11. The smallest absolute Gasteiger partial charge is 0.0276 e. The molecule has 2 rings (SSSR count). The van der Waals surface area contributed by atoms with Gasteiger partial charge in [0.2, 0.25) is 0 Å². The van der Waals surface area contributed by atoms with E-state index in [4.69, 9.17) is 0 Å². The van der Waals surface area contributed by atoms with Crippen LogP contribution in [0.2, 0.25) is 0 Å². The van der Waals surface area contributed by atoms with E-state index in [0.29, 0.717) is 0 Å². The number of allylic oxidation sites excluding steroid dienone is 8.